The van der Waals surface area contributed by atoms with Gasteiger partial charge in [-0.2, -0.15) is 9.97 Å². The molecule has 0 bridgehead atoms. The maximum absolute atomic E-state index is 11.2. The predicted octanol–water partition coefficient (Wildman–Crippen LogP) is 0.926. The van der Waals surface area contributed by atoms with Gasteiger partial charge in [-0.1, -0.05) is 11.8 Å². The van der Waals surface area contributed by atoms with Crippen molar-refractivity contribution >= 4 is 16.9 Å². The maximum Gasteiger partial charge on any atom is 0.220 e. The molecule has 0 atom stereocenters. The molecule has 5 nitrogen and oxygen atoms in total. The zero-order valence-electron chi connectivity index (χ0n) is 8.81. The van der Waals surface area contributed by atoms with Crippen LogP contribution in [0.2, 0.25) is 0 Å². The van der Waals surface area contributed by atoms with E-state index in [1.165, 1.54) is 14.2 Å². The van der Waals surface area contributed by atoms with Crippen molar-refractivity contribution in [2.24, 2.45) is 0 Å². The Morgan fingerprint density at radius 1 is 1.33 bits per heavy atom. The van der Waals surface area contributed by atoms with Crippen molar-refractivity contribution in [1.82, 2.24) is 9.97 Å². The number of aromatic nitrogens is 2. The molecule has 1 aromatic rings. The normalized spacial score (nSPS) is 9.80. The average molecular weight is 228 g/mol. The minimum atomic E-state index is 0.00491. The van der Waals surface area contributed by atoms with Crippen molar-refractivity contribution < 1.29 is 14.3 Å². The van der Waals surface area contributed by atoms with Gasteiger partial charge in [0.1, 0.15) is 5.82 Å². The smallest absolute Gasteiger partial charge is 0.220 e. The van der Waals surface area contributed by atoms with Gasteiger partial charge in [0.2, 0.25) is 11.8 Å². The van der Waals surface area contributed by atoms with Gasteiger partial charge in [0.25, 0.3) is 0 Å². The first kappa shape index (κ1) is 11.8. The molecule has 0 fully saturated rings. The molecule has 0 amide bonds. The SMILES string of the molecule is COc1cc(OC)nc(CC(=O)SC)n1. The molecule has 0 aliphatic carbocycles. The topological polar surface area (TPSA) is 61.3 Å². The lowest BCUT2D eigenvalue weighted by Crippen LogP contribution is -2.05. The summed E-state index contributed by atoms with van der Waals surface area (Å²) in [5, 5.41) is 0.00491. The van der Waals surface area contributed by atoms with E-state index in [4.69, 9.17) is 9.47 Å². The van der Waals surface area contributed by atoms with E-state index >= 15 is 0 Å². The third-order valence-corrected chi connectivity index (χ3v) is 2.27. The molecule has 0 unspecified atom stereocenters. The second-order valence-corrected chi connectivity index (χ2v) is 3.49. The van der Waals surface area contributed by atoms with Gasteiger partial charge in [0, 0.05) is 0 Å². The van der Waals surface area contributed by atoms with Crippen LogP contribution in [0.25, 0.3) is 0 Å². The van der Waals surface area contributed by atoms with E-state index in [1.54, 1.807) is 12.3 Å². The van der Waals surface area contributed by atoms with Crippen molar-refractivity contribution in [1.29, 1.82) is 0 Å². The molecule has 0 aliphatic heterocycles. The maximum atomic E-state index is 11.2. The quantitative estimate of drug-likeness (QED) is 0.764. The van der Waals surface area contributed by atoms with Gasteiger partial charge < -0.3 is 9.47 Å². The fourth-order valence-corrected chi connectivity index (χ4v) is 1.21. The van der Waals surface area contributed by atoms with Crippen LogP contribution in [-0.2, 0) is 11.2 Å². The fourth-order valence-electron chi connectivity index (χ4n) is 0.939. The van der Waals surface area contributed by atoms with Crippen LogP contribution < -0.4 is 9.47 Å². The van der Waals surface area contributed by atoms with Crippen LogP contribution in [0.4, 0.5) is 0 Å². The Bertz CT molecular complexity index is 335. The van der Waals surface area contributed by atoms with Gasteiger partial charge in [0.05, 0.1) is 26.7 Å². The predicted molar refractivity (Wildman–Crippen MR) is 57.4 cm³/mol. The standard InChI is InChI=1S/C9H12N2O3S/c1-13-7-5-8(14-2)11-6(10-7)4-9(12)15-3/h5H,4H2,1-3H3. The molecule has 0 radical (unpaired) electrons. The van der Waals surface area contributed by atoms with Gasteiger partial charge in [-0.3, -0.25) is 4.79 Å². The van der Waals surface area contributed by atoms with Gasteiger partial charge in [-0.05, 0) is 6.26 Å². The summed E-state index contributed by atoms with van der Waals surface area (Å²) in [6.07, 6.45) is 1.90. The van der Waals surface area contributed by atoms with Crippen LogP contribution in [0.1, 0.15) is 5.82 Å². The van der Waals surface area contributed by atoms with E-state index in [2.05, 4.69) is 9.97 Å². The molecule has 0 saturated heterocycles. The van der Waals surface area contributed by atoms with E-state index < -0.39 is 0 Å². The Hall–Kier alpha value is -1.30. The highest BCUT2D eigenvalue weighted by molar-refractivity contribution is 8.13. The number of nitrogens with zero attached hydrogens (tertiary/aromatic N) is 2. The Morgan fingerprint density at radius 2 is 1.87 bits per heavy atom. The van der Waals surface area contributed by atoms with Gasteiger partial charge in [-0.15, -0.1) is 0 Å². The number of hydrogen-bond acceptors (Lipinski definition) is 6. The summed E-state index contributed by atoms with van der Waals surface area (Å²) in [7, 11) is 3.00. The van der Waals surface area contributed by atoms with Crippen molar-refractivity contribution in [3.05, 3.63) is 11.9 Å². The zero-order chi connectivity index (χ0) is 11.3. The molecule has 0 N–H and O–H groups in total. The molecule has 0 aliphatic rings. The lowest BCUT2D eigenvalue weighted by atomic mass is 10.4. The summed E-state index contributed by atoms with van der Waals surface area (Å²) in [6.45, 7) is 0. The third-order valence-electron chi connectivity index (χ3n) is 1.67. The van der Waals surface area contributed by atoms with E-state index in [1.807, 2.05) is 0 Å². The summed E-state index contributed by atoms with van der Waals surface area (Å²) in [5.74, 6) is 1.20. The van der Waals surface area contributed by atoms with Crippen molar-refractivity contribution in [2.45, 2.75) is 6.42 Å². The van der Waals surface area contributed by atoms with Gasteiger partial charge in [0.15, 0.2) is 5.12 Å². The van der Waals surface area contributed by atoms with Gasteiger partial charge in [-0.25, -0.2) is 0 Å². The van der Waals surface area contributed by atoms with Gasteiger partial charge >= 0.3 is 0 Å². The monoisotopic (exact) mass is 228 g/mol. The van der Waals surface area contributed by atoms with E-state index in [0.717, 1.165) is 11.8 Å². The number of rotatable bonds is 4. The Morgan fingerprint density at radius 3 is 2.27 bits per heavy atom. The van der Waals surface area contributed by atoms with E-state index in [-0.39, 0.29) is 11.5 Å². The Balaban J connectivity index is 2.91. The molecule has 0 saturated carbocycles. The van der Waals surface area contributed by atoms with Crippen molar-refractivity contribution in [3.63, 3.8) is 0 Å². The molecule has 82 valence electrons. The summed E-state index contributed by atoms with van der Waals surface area (Å²) in [4.78, 5) is 19.3. The highest BCUT2D eigenvalue weighted by Crippen LogP contribution is 2.15. The molecule has 1 heterocycles. The first-order valence-corrected chi connectivity index (χ1v) is 5.44. The summed E-state index contributed by atoms with van der Waals surface area (Å²) < 4.78 is 9.93. The molecule has 0 aromatic carbocycles. The lowest BCUT2D eigenvalue weighted by molar-refractivity contribution is -0.110. The highest BCUT2D eigenvalue weighted by Gasteiger charge is 2.09. The molecular formula is C9H12N2O3S. The summed E-state index contributed by atoms with van der Waals surface area (Å²) in [5.41, 5.74) is 0. The molecule has 0 spiro atoms. The lowest BCUT2D eigenvalue weighted by Gasteiger charge is -2.04. The molecule has 1 rings (SSSR count). The number of hydrogen-bond donors (Lipinski definition) is 0. The van der Waals surface area contributed by atoms with Crippen molar-refractivity contribution in [2.75, 3.05) is 20.5 Å². The second-order valence-electron chi connectivity index (χ2n) is 2.62. The second kappa shape index (κ2) is 5.55. The average Bonchev–Trinajstić information content (AvgIpc) is 2.28. The fraction of sp³-hybridized carbons (Fsp3) is 0.444. The summed E-state index contributed by atoms with van der Waals surface area (Å²) >= 11 is 1.15. The number of carbonyl (C=O) groups is 1. The Labute approximate surface area is 92.2 Å². The highest BCUT2D eigenvalue weighted by atomic mass is 32.2. The van der Waals surface area contributed by atoms with Crippen LogP contribution in [0.15, 0.2) is 6.07 Å². The van der Waals surface area contributed by atoms with E-state index in [9.17, 15) is 4.79 Å². The van der Waals surface area contributed by atoms with E-state index in [0.29, 0.717) is 17.6 Å². The van der Waals surface area contributed by atoms with Crippen LogP contribution in [0, 0.1) is 0 Å². The number of methoxy groups -OCH3 is 2. The Kier molecular flexibility index (Phi) is 4.36. The molecule has 1 aromatic heterocycles. The molecular weight excluding hydrogens is 216 g/mol. The largest absolute Gasteiger partial charge is 0.481 e. The number of carbonyl (C=O) groups excluding carboxylic acids is 1. The summed E-state index contributed by atoms with van der Waals surface area (Å²) in [6, 6.07) is 1.56. The first-order chi connectivity index (χ1) is 7.19. The zero-order valence-corrected chi connectivity index (χ0v) is 9.63. The number of ether oxygens (including phenoxy) is 2. The third kappa shape index (κ3) is 3.39. The minimum Gasteiger partial charge on any atom is -0.481 e. The number of thioether (sulfide) groups is 1. The van der Waals surface area contributed by atoms with Crippen LogP contribution in [-0.4, -0.2) is 35.6 Å². The molecule has 15 heavy (non-hydrogen) atoms. The van der Waals surface area contributed by atoms with Crippen LogP contribution in [0.5, 0.6) is 11.8 Å². The van der Waals surface area contributed by atoms with Crippen LogP contribution >= 0.6 is 11.8 Å². The van der Waals surface area contributed by atoms with Crippen LogP contribution in [0.3, 0.4) is 0 Å². The minimum absolute atomic E-state index is 0.00491. The first-order valence-electron chi connectivity index (χ1n) is 4.22. The van der Waals surface area contributed by atoms with Crippen molar-refractivity contribution in [3.8, 4) is 11.8 Å². The molecule has 6 heteroatoms.